The summed E-state index contributed by atoms with van der Waals surface area (Å²) in [6.07, 6.45) is -4.44. The van der Waals surface area contributed by atoms with Gasteiger partial charge in [-0.2, -0.15) is 18.2 Å². The van der Waals surface area contributed by atoms with Crippen molar-refractivity contribution in [2.45, 2.75) is 45.6 Å². The lowest BCUT2D eigenvalue weighted by molar-refractivity contribution is -0.151. The Balaban J connectivity index is 1.36. The van der Waals surface area contributed by atoms with Crippen molar-refractivity contribution < 1.29 is 46.4 Å². The average Bonchev–Trinajstić information content (AvgIpc) is 3.58. The number of ether oxygens (including phenoxy) is 4. The van der Waals surface area contributed by atoms with Gasteiger partial charge in [-0.1, -0.05) is 29.8 Å². The first-order chi connectivity index (χ1) is 27.8. The summed E-state index contributed by atoms with van der Waals surface area (Å²) in [5.41, 5.74) is 4.07. The molecule has 18 heteroatoms. The fourth-order valence-corrected chi connectivity index (χ4v) is 7.36. The summed E-state index contributed by atoms with van der Waals surface area (Å²) >= 11 is 14.1. The Morgan fingerprint density at radius 1 is 1.03 bits per heavy atom. The number of phenolic OH excluding ortho intramolecular Hbond substituents is 1. The molecule has 6 rings (SSSR count). The average molecular weight is 861 g/mol. The SMILES string of the molecule is CCOC(=O)[C@@H](Cc1cc(O)ccc1OCc1ccnc(OCCC(F)(F)F)n1)Oc1ncnc2sc(-c3ccc(F)cc3)c(-c3ccc(NCCCl)c(Cl)c3C)c12. The van der Waals surface area contributed by atoms with Crippen LogP contribution in [0.3, 0.4) is 0 Å². The Kier molecular flexibility index (Phi) is 13.7. The number of rotatable bonds is 17. The summed E-state index contributed by atoms with van der Waals surface area (Å²) in [6, 6.07) is 15.2. The first kappa shape index (κ1) is 42.2. The molecular weight excluding hydrogens is 825 g/mol. The van der Waals surface area contributed by atoms with Crippen LogP contribution in [0.4, 0.5) is 23.2 Å². The van der Waals surface area contributed by atoms with Gasteiger partial charge in [0.05, 0.1) is 34.8 Å². The lowest BCUT2D eigenvalue weighted by Gasteiger charge is -2.20. The number of aromatic hydroxyl groups is 1. The summed E-state index contributed by atoms with van der Waals surface area (Å²) in [5.74, 6) is -0.616. The molecule has 6 aromatic rings. The number of hydrogen-bond acceptors (Lipinski definition) is 12. The molecule has 0 aliphatic rings. The molecule has 2 N–H and O–H groups in total. The van der Waals surface area contributed by atoms with Crippen molar-refractivity contribution in [1.82, 2.24) is 19.9 Å². The van der Waals surface area contributed by atoms with Crippen LogP contribution >= 0.6 is 34.5 Å². The molecule has 58 heavy (non-hydrogen) atoms. The highest BCUT2D eigenvalue weighted by Crippen LogP contribution is 2.49. The number of carbonyl (C=O) groups excluding carboxylic acids is 1. The van der Waals surface area contributed by atoms with E-state index in [9.17, 15) is 27.5 Å². The summed E-state index contributed by atoms with van der Waals surface area (Å²) in [4.78, 5) is 31.9. The van der Waals surface area contributed by atoms with Crippen molar-refractivity contribution in [1.29, 1.82) is 0 Å². The Bertz CT molecular complexity index is 2390. The largest absolute Gasteiger partial charge is 0.508 e. The summed E-state index contributed by atoms with van der Waals surface area (Å²) in [5, 5.41) is 14.6. The number of alkyl halides is 4. The highest BCUT2D eigenvalue weighted by molar-refractivity contribution is 7.22. The third kappa shape index (κ3) is 10.3. The minimum atomic E-state index is -4.40. The van der Waals surface area contributed by atoms with Gasteiger partial charge in [0, 0.05) is 41.0 Å². The molecule has 0 aliphatic heterocycles. The maximum Gasteiger partial charge on any atom is 0.392 e. The minimum Gasteiger partial charge on any atom is -0.508 e. The van der Waals surface area contributed by atoms with Crippen LogP contribution in [0.5, 0.6) is 23.4 Å². The zero-order valence-corrected chi connectivity index (χ0v) is 33.2. The fraction of sp³-hybridized carbons (Fsp3) is 0.275. The van der Waals surface area contributed by atoms with Crippen LogP contribution < -0.4 is 19.5 Å². The Hall–Kier alpha value is -5.45. The van der Waals surface area contributed by atoms with E-state index in [0.29, 0.717) is 61.2 Å². The number of thiophene rings is 1. The normalized spacial score (nSPS) is 12.0. The number of hydrogen-bond donors (Lipinski definition) is 2. The number of fused-ring (bicyclic) bond motifs is 1. The predicted octanol–water partition coefficient (Wildman–Crippen LogP) is 9.74. The van der Waals surface area contributed by atoms with Gasteiger partial charge in [-0.15, -0.1) is 22.9 Å². The zero-order chi connectivity index (χ0) is 41.4. The number of nitrogens with zero attached hydrogens (tertiary/aromatic N) is 4. The Labute approximate surface area is 343 Å². The Morgan fingerprint density at radius 2 is 1.83 bits per heavy atom. The first-order valence-corrected chi connectivity index (χ1v) is 19.5. The highest BCUT2D eigenvalue weighted by atomic mass is 35.5. The van der Waals surface area contributed by atoms with E-state index in [1.54, 1.807) is 19.1 Å². The molecule has 0 bridgehead atoms. The maximum absolute atomic E-state index is 14.1. The predicted molar refractivity (Wildman–Crippen MR) is 213 cm³/mol. The molecule has 0 radical (unpaired) electrons. The van der Waals surface area contributed by atoms with Gasteiger partial charge in [0.2, 0.25) is 12.0 Å². The fourth-order valence-electron chi connectivity index (χ4n) is 5.88. The summed E-state index contributed by atoms with van der Waals surface area (Å²) in [6.45, 7) is 3.20. The number of phenols is 1. The second-order valence-corrected chi connectivity index (χ2v) is 14.3. The minimum absolute atomic E-state index is 0.0303. The van der Waals surface area contributed by atoms with E-state index in [1.807, 2.05) is 19.1 Å². The van der Waals surface area contributed by atoms with Gasteiger partial charge < -0.3 is 29.4 Å². The van der Waals surface area contributed by atoms with E-state index in [1.165, 1.54) is 60.3 Å². The smallest absolute Gasteiger partial charge is 0.392 e. The molecule has 11 nitrogen and oxygen atoms in total. The molecule has 1 atom stereocenters. The number of aromatic nitrogens is 4. The maximum atomic E-state index is 14.1. The van der Waals surface area contributed by atoms with Gasteiger partial charge in [0.15, 0.2) is 0 Å². The molecule has 0 spiro atoms. The molecule has 304 valence electrons. The molecule has 3 aromatic heterocycles. The molecule has 0 fully saturated rings. The molecule has 0 aliphatic carbocycles. The standard InChI is InChI=1S/C40H35Cl2F4N5O6S/c1-3-54-38(53)31(19-24-18-27(52)8-11-30(24)56-20-26-12-15-48-39(51-26)55-17-13-40(44,45)46)57-36-33-32(28-9-10-29(47-16-14-41)34(42)22(28)2)35(58-37(33)50-21-49-36)23-4-6-25(43)7-5-23/h4-12,15,18,21,31,47,52H,3,13-14,16-17,19-20H2,1-2H3/t31-/m1/s1. The second-order valence-electron chi connectivity index (χ2n) is 12.6. The van der Waals surface area contributed by atoms with E-state index < -0.39 is 37.1 Å². The number of nitrogens with one attached hydrogen (secondary N) is 1. The van der Waals surface area contributed by atoms with Crippen LogP contribution in [0.2, 0.25) is 5.02 Å². The Morgan fingerprint density at radius 3 is 2.57 bits per heavy atom. The summed E-state index contributed by atoms with van der Waals surface area (Å²) < 4.78 is 74.9. The zero-order valence-electron chi connectivity index (χ0n) is 30.9. The number of anilines is 1. The van der Waals surface area contributed by atoms with E-state index in [0.717, 1.165) is 4.88 Å². The van der Waals surface area contributed by atoms with Gasteiger partial charge in [-0.05, 0) is 73.0 Å². The number of esters is 1. The van der Waals surface area contributed by atoms with Crippen LogP contribution in [-0.4, -0.2) is 68.9 Å². The lowest BCUT2D eigenvalue weighted by atomic mass is 9.95. The van der Waals surface area contributed by atoms with Crippen LogP contribution in [-0.2, 0) is 22.6 Å². The monoisotopic (exact) mass is 859 g/mol. The molecule has 0 saturated carbocycles. The van der Waals surface area contributed by atoms with Crippen molar-refractivity contribution in [3.05, 3.63) is 101 Å². The van der Waals surface area contributed by atoms with Gasteiger partial charge in [-0.25, -0.2) is 24.1 Å². The van der Waals surface area contributed by atoms with Gasteiger partial charge in [0.1, 0.15) is 41.7 Å². The van der Waals surface area contributed by atoms with Crippen LogP contribution in [0.25, 0.3) is 31.8 Å². The van der Waals surface area contributed by atoms with Crippen LogP contribution in [0.1, 0.15) is 30.2 Å². The summed E-state index contributed by atoms with van der Waals surface area (Å²) in [7, 11) is 0. The van der Waals surface area contributed by atoms with Gasteiger partial charge in [0.25, 0.3) is 0 Å². The third-order valence-electron chi connectivity index (χ3n) is 8.56. The van der Waals surface area contributed by atoms with Gasteiger partial charge in [-0.3, -0.25) is 0 Å². The molecule has 3 heterocycles. The van der Waals surface area contributed by atoms with Gasteiger partial charge >= 0.3 is 18.2 Å². The van der Waals surface area contributed by atoms with E-state index in [4.69, 9.17) is 42.1 Å². The van der Waals surface area contributed by atoms with Crippen LogP contribution in [0, 0.1) is 12.7 Å². The quantitative estimate of drug-likeness (QED) is 0.0515. The third-order valence-corrected chi connectivity index (χ3v) is 10.4. The van der Waals surface area contributed by atoms with Crippen LogP contribution in [0.15, 0.2) is 73.2 Å². The molecule has 0 saturated heterocycles. The number of halogens is 6. The van der Waals surface area contributed by atoms with E-state index in [-0.39, 0.29) is 48.7 Å². The lowest BCUT2D eigenvalue weighted by Crippen LogP contribution is -2.32. The molecular formula is C40H35Cl2F4N5O6S. The van der Waals surface area contributed by atoms with Crippen molar-refractivity contribution in [2.24, 2.45) is 0 Å². The first-order valence-electron chi connectivity index (χ1n) is 17.8. The van der Waals surface area contributed by atoms with Crippen molar-refractivity contribution >= 4 is 56.4 Å². The van der Waals surface area contributed by atoms with Crippen molar-refractivity contribution in [3.8, 4) is 45.0 Å². The van der Waals surface area contributed by atoms with Crippen molar-refractivity contribution in [3.63, 3.8) is 0 Å². The number of carbonyl (C=O) groups is 1. The molecule has 0 amide bonds. The van der Waals surface area contributed by atoms with E-state index >= 15 is 0 Å². The van der Waals surface area contributed by atoms with Crippen molar-refractivity contribution in [2.75, 3.05) is 31.0 Å². The topological polar surface area (TPSA) is 138 Å². The second kappa shape index (κ2) is 18.9. The number of benzene rings is 3. The highest BCUT2D eigenvalue weighted by Gasteiger charge is 2.30. The van der Waals surface area contributed by atoms with E-state index in [2.05, 4.69) is 25.3 Å². The molecule has 3 aromatic carbocycles. The molecule has 0 unspecified atom stereocenters.